The Labute approximate surface area is 116 Å². The Morgan fingerprint density at radius 1 is 1.35 bits per heavy atom. The molecule has 5 heteroatoms. The minimum Gasteiger partial charge on any atom is -0.487 e. The summed E-state index contributed by atoms with van der Waals surface area (Å²) >= 11 is 0. The van der Waals surface area contributed by atoms with Crippen molar-refractivity contribution < 1.29 is 14.3 Å². The standard InChI is InChI=1S/C15H16N2O3/c1-19-15(18)12-8-11(9-17-12)20-13-6-2-4-10-5-3-7-16-14(10)13/h2-7,11-12,17H,8-9H2,1H3/t11?,12-/m0/s1. The maximum atomic E-state index is 11.5. The number of aromatic nitrogens is 1. The second-order valence-electron chi connectivity index (χ2n) is 4.79. The number of ether oxygens (including phenoxy) is 2. The van der Waals surface area contributed by atoms with Gasteiger partial charge in [0.15, 0.2) is 0 Å². The first-order valence-corrected chi connectivity index (χ1v) is 6.59. The first-order valence-electron chi connectivity index (χ1n) is 6.59. The first kappa shape index (κ1) is 12.9. The quantitative estimate of drug-likeness (QED) is 0.858. The molecule has 1 aliphatic rings. The number of nitrogens with one attached hydrogen (secondary N) is 1. The molecule has 0 radical (unpaired) electrons. The van der Waals surface area contributed by atoms with Crippen molar-refractivity contribution >= 4 is 16.9 Å². The van der Waals surface area contributed by atoms with E-state index in [4.69, 9.17) is 9.47 Å². The van der Waals surface area contributed by atoms with Crippen LogP contribution >= 0.6 is 0 Å². The highest BCUT2D eigenvalue weighted by molar-refractivity contribution is 5.84. The van der Waals surface area contributed by atoms with Gasteiger partial charge in [-0.15, -0.1) is 0 Å². The highest BCUT2D eigenvalue weighted by Gasteiger charge is 2.31. The van der Waals surface area contributed by atoms with Gasteiger partial charge < -0.3 is 14.8 Å². The lowest BCUT2D eigenvalue weighted by atomic mass is 10.2. The third kappa shape index (κ3) is 2.44. The van der Waals surface area contributed by atoms with Gasteiger partial charge in [-0.05, 0) is 12.1 Å². The number of pyridine rings is 1. The third-order valence-electron chi connectivity index (χ3n) is 3.47. The van der Waals surface area contributed by atoms with Gasteiger partial charge in [0.1, 0.15) is 23.4 Å². The number of hydrogen-bond acceptors (Lipinski definition) is 5. The maximum Gasteiger partial charge on any atom is 0.323 e. The molecule has 5 nitrogen and oxygen atoms in total. The van der Waals surface area contributed by atoms with E-state index in [1.165, 1.54) is 7.11 Å². The molecule has 3 rings (SSSR count). The van der Waals surface area contributed by atoms with Crippen LogP contribution in [0.25, 0.3) is 10.9 Å². The minimum atomic E-state index is -0.284. The van der Waals surface area contributed by atoms with E-state index >= 15 is 0 Å². The summed E-state index contributed by atoms with van der Waals surface area (Å²) in [6.07, 6.45) is 2.31. The molecule has 1 unspecified atom stereocenters. The minimum absolute atomic E-state index is 0.0493. The van der Waals surface area contributed by atoms with Gasteiger partial charge in [-0.3, -0.25) is 9.78 Å². The fourth-order valence-corrected chi connectivity index (χ4v) is 2.47. The van der Waals surface area contributed by atoms with Crippen molar-refractivity contribution in [3.8, 4) is 5.75 Å². The van der Waals surface area contributed by atoms with Gasteiger partial charge in [0.2, 0.25) is 0 Å². The van der Waals surface area contributed by atoms with Crippen molar-refractivity contribution in [1.29, 1.82) is 0 Å². The normalized spacial score (nSPS) is 21.9. The van der Waals surface area contributed by atoms with E-state index < -0.39 is 0 Å². The Kier molecular flexibility index (Phi) is 3.52. The van der Waals surface area contributed by atoms with Crippen molar-refractivity contribution in [2.75, 3.05) is 13.7 Å². The van der Waals surface area contributed by atoms with Crippen LogP contribution in [0.1, 0.15) is 6.42 Å². The zero-order valence-electron chi connectivity index (χ0n) is 11.2. The Morgan fingerprint density at radius 2 is 2.20 bits per heavy atom. The van der Waals surface area contributed by atoms with E-state index in [0.717, 1.165) is 16.7 Å². The summed E-state index contributed by atoms with van der Waals surface area (Å²) in [5, 5.41) is 4.15. The van der Waals surface area contributed by atoms with Crippen LogP contribution < -0.4 is 10.1 Å². The fourth-order valence-electron chi connectivity index (χ4n) is 2.47. The van der Waals surface area contributed by atoms with Crippen LogP contribution in [-0.2, 0) is 9.53 Å². The summed E-state index contributed by atoms with van der Waals surface area (Å²) in [6.45, 7) is 0.628. The molecular weight excluding hydrogens is 256 g/mol. The van der Waals surface area contributed by atoms with Gasteiger partial charge in [0, 0.05) is 24.5 Å². The van der Waals surface area contributed by atoms with E-state index in [-0.39, 0.29) is 18.1 Å². The Morgan fingerprint density at radius 3 is 3.05 bits per heavy atom. The van der Waals surface area contributed by atoms with Crippen molar-refractivity contribution in [2.45, 2.75) is 18.6 Å². The molecule has 1 aliphatic heterocycles. The molecule has 0 bridgehead atoms. The summed E-state index contributed by atoms with van der Waals surface area (Å²) in [5.41, 5.74) is 0.844. The van der Waals surface area contributed by atoms with Crippen molar-refractivity contribution in [1.82, 2.24) is 10.3 Å². The van der Waals surface area contributed by atoms with Gasteiger partial charge in [-0.2, -0.15) is 0 Å². The monoisotopic (exact) mass is 272 g/mol. The van der Waals surface area contributed by atoms with Crippen molar-refractivity contribution in [3.63, 3.8) is 0 Å². The van der Waals surface area contributed by atoms with Gasteiger partial charge in [-0.25, -0.2) is 0 Å². The zero-order valence-corrected chi connectivity index (χ0v) is 11.2. The lowest BCUT2D eigenvalue weighted by molar-refractivity contribution is -0.142. The van der Waals surface area contributed by atoms with Crippen LogP contribution in [0, 0.1) is 0 Å². The summed E-state index contributed by atoms with van der Waals surface area (Å²) in [7, 11) is 1.40. The van der Waals surface area contributed by atoms with E-state index in [9.17, 15) is 4.79 Å². The highest BCUT2D eigenvalue weighted by atomic mass is 16.5. The zero-order chi connectivity index (χ0) is 13.9. The Bertz CT molecular complexity index is 624. The summed E-state index contributed by atoms with van der Waals surface area (Å²) < 4.78 is 10.7. The molecule has 104 valence electrons. The molecule has 2 atom stereocenters. The van der Waals surface area contributed by atoms with Gasteiger partial charge in [-0.1, -0.05) is 18.2 Å². The second-order valence-corrected chi connectivity index (χ2v) is 4.79. The third-order valence-corrected chi connectivity index (χ3v) is 3.47. The number of carbonyl (C=O) groups is 1. The van der Waals surface area contributed by atoms with Gasteiger partial charge in [0.05, 0.1) is 7.11 Å². The molecule has 20 heavy (non-hydrogen) atoms. The molecule has 2 aromatic rings. The number of nitrogens with zero attached hydrogens (tertiary/aromatic N) is 1. The average molecular weight is 272 g/mol. The van der Waals surface area contributed by atoms with Crippen molar-refractivity contribution in [2.24, 2.45) is 0 Å². The molecule has 0 aliphatic carbocycles. The van der Waals surface area contributed by atoms with Crippen LogP contribution in [0.4, 0.5) is 0 Å². The fraction of sp³-hybridized carbons (Fsp3) is 0.333. The molecule has 0 spiro atoms. The molecular formula is C15H16N2O3. The van der Waals surface area contributed by atoms with Crippen LogP contribution in [0.2, 0.25) is 0 Å². The number of carbonyl (C=O) groups excluding carboxylic acids is 1. The smallest absolute Gasteiger partial charge is 0.323 e. The molecule has 1 N–H and O–H groups in total. The predicted molar refractivity (Wildman–Crippen MR) is 74.6 cm³/mol. The molecule has 1 fully saturated rings. The van der Waals surface area contributed by atoms with Crippen molar-refractivity contribution in [3.05, 3.63) is 36.5 Å². The van der Waals surface area contributed by atoms with Gasteiger partial charge in [0.25, 0.3) is 0 Å². The van der Waals surface area contributed by atoms with Crippen LogP contribution in [0.3, 0.4) is 0 Å². The average Bonchev–Trinajstić information content (AvgIpc) is 2.95. The number of esters is 1. The topological polar surface area (TPSA) is 60.5 Å². The van der Waals surface area contributed by atoms with E-state index in [1.54, 1.807) is 6.20 Å². The van der Waals surface area contributed by atoms with Crippen LogP contribution in [-0.4, -0.2) is 36.8 Å². The molecule has 2 heterocycles. The predicted octanol–water partition coefficient (Wildman–Crippen LogP) is 1.52. The highest BCUT2D eigenvalue weighted by Crippen LogP contribution is 2.25. The number of para-hydroxylation sites is 1. The molecule has 1 aromatic carbocycles. The summed E-state index contributed by atoms with van der Waals surface area (Å²) in [4.78, 5) is 15.8. The largest absolute Gasteiger partial charge is 0.487 e. The molecule has 1 saturated heterocycles. The van der Waals surface area contributed by atoms with Crippen LogP contribution in [0.15, 0.2) is 36.5 Å². The van der Waals surface area contributed by atoms with E-state index in [0.29, 0.717) is 13.0 Å². The SMILES string of the molecule is COC(=O)[C@@H]1CC(Oc2cccc3cccnc23)CN1. The molecule has 1 aromatic heterocycles. The Hall–Kier alpha value is -2.14. The Balaban J connectivity index is 1.76. The van der Waals surface area contributed by atoms with E-state index in [2.05, 4.69) is 10.3 Å². The van der Waals surface area contributed by atoms with Gasteiger partial charge >= 0.3 is 5.97 Å². The first-order chi connectivity index (χ1) is 9.78. The summed E-state index contributed by atoms with van der Waals surface area (Å²) in [6, 6.07) is 9.46. The van der Waals surface area contributed by atoms with Crippen LogP contribution in [0.5, 0.6) is 5.75 Å². The second kappa shape index (κ2) is 5.46. The number of hydrogen-bond donors (Lipinski definition) is 1. The number of methoxy groups -OCH3 is 1. The summed E-state index contributed by atoms with van der Waals surface area (Å²) in [5.74, 6) is 0.507. The molecule has 0 amide bonds. The lowest BCUT2D eigenvalue weighted by Gasteiger charge is -2.14. The number of fused-ring (bicyclic) bond motifs is 1. The molecule has 0 saturated carbocycles. The lowest BCUT2D eigenvalue weighted by Crippen LogP contribution is -2.31. The number of rotatable bonds is 3. The van der Waals surface area contributed by atoms with E-state index in [1.807, 2.05) is 30.3 Å². The maximum absolute atomic E-state index is 11.5. The number of benzene rings is 1.